The van der Waals surface area contributed by atoms with Gasteiger partial charge in [0.25, 0.3) is 5.91 Å². The number of anilines is 2. The first kappa shape index (κ1) is 31.3. The highest BCUT2D eigenvalue weighted by Gasteiger charge is 2.54. The van der Waals surface area contributed by atoms with Crippen LogP contribution in [0.1, 0.15) is 36.4 Å². The molecule has 9 nitrogen and oxygen atoms in total. The number of hydrogen-bond donors (Lipinski definition) is 2. The third-order valence-electron chi connectivity index (χ3n) is 7.73. The minimum Gasteiger partial charge on any atom is -0.497 e. The lowest BCUT2D eigenvalue weighted by molar-refractivity contribution is -0.274. The van der Waals surface area contributed by atoms with E-state index in [2.05, 4.69) is 10.1 Å². The third-order valence-corrected chi connectivity index (χ3v) is 7.98. The fourth-order valence-electron chi connectivity index (χ4n) is 5.38. The lowest BCUT2D eigenvalue weighted by Crippen LogP contribution is -2.38. The number of nitrogens with one attached hydrogen (secondary N) is 1. The Kier molecular flexibility index (Phi) is 8.85. The van der Waals surface area contributed by atoms with Crippen LogP contribution in [0.25, 0.3) is 0 Å². The molecule has 1 fully saturated rings. The molecule has 1 aliphatic heterocycles. The van der Waals surface area contributed by atoms with Gasteiger partial charge in [0.1, 0.15) is 23.3 Å². The highest BCUT2D eigenvalue weighted by molar-refractivity contribution is 6.30. The van der Waals surface area contributed by atoms with E-state index in [1.165, 1.54) is 31.3 Å². The number of methoxy groups -OCH3 is 2. The maximum absolute atomic E-state index is 14.3. The fraction of sp³-hybridized carbons (Fsp3) is 0.355. The summed E-state index contributed by atoms with van der Waals surface area (Å²) in [5, 5.41) is 12.9. The van der Waals surface area contributed by atoms with Crippen molar-refractivity contribution >= 4 is 34.9 Å². The molecular formula is C31H30ClF3N2O7. The summed E-state index contributed by atoms with van der Waals surface area (Å²) in [6.45, 7) is 0.352. The van der Waals surface area contributed by atoms with E-state index in [-0.39, 0.29) is 18.4 Å². The van der Waals surface area contributed by atoms with E-state index in [0.717, 1.165) is 18.4 Å². The van der Waals surface area contributed by atoms with Gasteiger partial charge in [-0.25, -0.2) is 4.79 Å². The van der Waals surface area contributed by atoms with Crippen molar-refractivity contribution in [2.24, 2.45) is 0 Å². The molecular weight excluding hydrogens is 605 g/mol. The van der Waals surface area contributed by atoms with Crippen molar-refractivity contribution in [1.82, 2.24) is 0 Å². The zero-order chi connectivity index (χ0) is 31.6. The quantitative estimate of drug-likeness (QED) is 0.238. The van der Waals surface area contributed by atoms with E-state index in [1.807, 2.05) is 0 Å². The average Bonchev–Trinajstić information content (AvgIpc) is 3.69. The molecule has 0 saturated heterocycles. The lowest BCUT2D eigenvalue weighted by Gasteiger charge is -2.27. The zero-order valence-electron chi connectivity index (χ0n) is 23.8. The van der Waals surface area contributed by atoms with Gasteiger partial charge < -0.3 is 34.3 Å². The Hall–Kier alpha value is -4.16. The third kappa shape index (κ3) is 6.97. The van der Waals surface area contributed by atoms with Gasteiger partial charge in [-0.2, -0.15) is 0 Å². The number of hydrogen-bond acceptors (Lipinski definition) is 7. The van der Waals surface area contributed by atoms with Gasteiger partial charge in [-0.15, -0.1) is 13.2 Å². The van der Waals surface area contributed by atoms with Crippen molar-refractivity contribution in [3.8, 4) is 17.2 Å². The number of carboxylic acids is 1. The predicted molar refractivity (Wildman–Crippen MR) is 156 cm³/mol. The summed E-state index contributed by atoms with van der Waals surface area (Å²) < 4.78 is 59.4. The normalized spacial score (nSPS) is 16.2. The van der Waals surface area contributed by atoms with E-state index in [4.69, 9.17) is 25.8 Å². The van der Waals surface area contributed by atoms with Crippen LogP contribution in [0.2, 0.25) is 5.02 Å². The van der Waals surface area contributed by atoms with Crippen molar-refractivity contribution in [3.05, 3.63) is 76.8 Å². The zero-order valence-corrected chi connectivity index (χ0v) is 24.6. The van der Waals surface area contributed by atoms with Crippen molar-refractivity contribution in [2.45, 2.75) is 43.2 Å². The number of halogens is 4. The molecule has 1 heterocycles. The maximum atomic E-state index is 14.3. The second-order valence-corrected chi connectivity index (χ2v) is 11.1. The van der Waals surface area contributed by atoms with E-state index < -0.39 is 36.1 Å². The molecule has 1 amide bonds. The molecule has 13 heteroatoms. The highest BCUT2D eigenvalue weighted by Crippen LogP contribution is 2.57. The Labute approximate surface area is 256 Å². The summed E-state index contributed by atoms with van der Waals surface area (Å²) in [7, 11) is 2.77. The highest BCUT2D eigenvalue weighted by atomic mass is 35.5. The maximum Gasteiger partial charge on any atom is 0.573 e. The molecule has 234 valence electrons. The number of carboxylic acid groups (broad SMARTS) is 1. The summed E-state index contributed by atoms with van der Waals surface area (Å²) in [4.78, 5) is 27.1. The molecule has 3 aromatic rings. The molecule has 2 aliphatic rings. The summed E-state index contributed by atoms with van der Waals surface area (Å²) in [6.07, 6.45) is -4.20. The van der Waals surface area contributed by atoms with Gasteiger partial charge in [-0.3, -0.25) is 4.79 Å². The standard InChI is InChI=1S/C31H30ClF3N2O7/c1-41-22-13-20(14-23(15-22)43-12-9-26(42-2)29(39)40)36-27(18-3-5-19(32)6-4-18)28(38)37-17-30(10-11-30)24-8-7-21(16-25(24)37)44-31(33,34)35/h3-8,13-16,26-27,36H,9-12,17H2,1-2H3,(H,39,40)/t26-,27?/m0/s1. The number of benzene rings is 3. The molecule has 0 radical (unpaired) electrons. The monoisotopic (exact) mass is 634 g/mol. The number of alkyl halides is 3. The van der Waals surface area contributed by atoms with Crippen LogP contribution in [-0.4, -0.2) is 56.8 Å². The minimum atomic E-state index is -4.88. The molecule has 5 rings (SSSR count). The Bertz CT molecular complexity index is 1530. The number of fused-ring (bicyclic) bond motifs is 2. The van der Waals surface area contributed by atoms with Crippen LogP contribution in [0, 0.1) is 0 Å². The van der Waals surface area contributed by atoms with Crippen LogP contribution >= 0.6 is 11.6 Å². The van der Waals surface area contributed by atoms with Gasteiger partial charge in [0.05, 0.1) is 19.4 Å². The number of ether oxygens (including phenoxy) is 4. The second-order valence-electron chi connectivity index (χ2n) is 10.7. The summed E-state index contributed by atoms with van der Waals surface area (Å²) in [5.74, 6) is -1.15. The Morgan fingerprint density at radius 2 is 1.73 bits per heavy atom. The van der Waals surface area contributed by atoms with Crippen LogP contribution in [0.3, 0.4) is 0 Å². The summed E-state index contributed by atoms with van der Waals surface area (Å²) in [6, 6.07) is 14.7. The van der Waals surface area contributed by atoms with E-state index >= 15 is 0 Å². The molecule has 1 aliphatic carbocycles. The Morgan fingerprint density at radius 1 is 1.02 bits per heavy atom. The predicted octanol–water partition coefficient (Wildman–Crippen LogP) is 6.35. The van der Waals surface area contributed by atoms with Crippen LogP contribution in [-0.2, 0) is 19.7 Å². The largest absolute Gasteiger partial charge is 0.573 e. The minimum absolute atomic E-state index is 0.0337. The van der Waals surface area contributed by atoms with Crippen LogP contribution in [0.4, 0.5) is 24.5 Å². The van der Waals surface area contributed by atoms with E-state index in [1.54, 1.807) is 48.5 Å². The molecule has 0 aromatic heterocycles. The molecule has 2 N–H and O–H groups in total. The lowest BCUT2D eigenvalue weighted by atomic mass is 9.99. The Morgan fingerprint density at radius 3 is 2.34 bits per heavy atom. The van der Waals surface area contributed by atoms with Crippen molar-refractivity contribution < 1.29 is 46.8 Å². The van der Waals surface area contributed by atoms with Gasteiger partial charge in [0.15, 0.2) is 6.10 Å². The van der Waals surface area contributed by atoms with Gasteiger partial charge in [-0.05, 0) is 42.2 Å². The SMILES string of the molecule is COc1cc(NC(C(=O)N2CC3(CC3)c3ccc(OC(F)(F)F)cc32)c2ccc(Cl)cc2)cc(OCC[C@H](OC)C(=O)O)c1. The molecule has 2 atom stereocenters. The number of nitrogens with zero attached hydrogens (tertiary/aromatic N) is 1. The van der Waals surface area contributed by atoms with Crippen molar-refractivity contribution in [2.75, 3.05) is 37.6 Å². The van der Waals surface area contributed by atoms with Gasteiger partial charge in [0, 0.05) is 60.5 Å². The number of carbonyl (C=O) groups is 2. The number of carbonyl (C=O) groups excluding carboxylic acids is 1. The first-order valence-corrected chi connectivity index (χ1v) is 14.1. The number of rotatable bonds is 12. The molecule has 1 unspecified atom stereocenters. The van der Waals surface area contributed by atoms with Crippen molar-refractivity contribution in [3.63, 3.8) is 0 Å². The van der Waals surface area contributed by atoms with Crippen LogP contribution in [0.5, 0.6) is 17.2 Å². The van der Waals surface area contributed by atoms with Gasteiger partial charge >= 0.3 is 12.3 Å². The molecule has 3 aromatic carbocycles. The van der Waals surface area contributed by atoms with E-state index in [9.17, 15) is 27.9 Å². The number of aliphatic carboxylic acids is 1. The second kappa shape index (κ2) is 12.4. The smallest absolute Gasteiger partial charge is 0.497 e. The molecule has 44 heavy (non-hydrogen) atoms. The molecule has 0 bridgehead atoms. The first-order valence-electron chi connectivity index (χ1n) is 13.7. The van der Waals surface area contributed by atoms with Crippen LogP contribution in [0.15, 0.2) is 60.7 Å². The van der Waals surface area contributed by atoms with Crippen LogP contribution < -0.4 is 24.4 Å². The van der Waals surface area contributed by atoms with E-state index in [0.29, 0.717) is 40.0 Å². The van der Waals surface area contributed by atoms with Gasteiger partial charge in [0.2, 0.25) is 0 Å². The molecule has 1 spiro atoms. The summed E-state index contributed by atoms with van der Waals surface area (Å²) >= 11 is 6.13. The fourth-order valence-corrected chi connectivity index (χ4v) is 5.50. The summed E-state index contributed by atoms with van der Waals surface area (Å²) in [5.41, 5.74) is 1.89. The molecule has 1 saturated carbocycles. The Balaban J connectivity index is 1.45. The topological polar surface area (TPSA) is 107 Å². The van der Waals surface area contributed by atoms with Crippen molar-refractivity contribution in [1.29, 1.82) is 0 Å². The average molecular weight is 635 g/mol. The first-order chi connectivity index (χ1) is 20.9. The number of amides is 1. The van der Waals surface area contributed by atoms with Gasteiger partial charge in [-0.1, -0.05) is 29.8 Å².